The molecule has 4 N–H and O–H groups in total. The van der Waals surface area contributed by atoms with Gasteiger partial charge in [0.05, 0.1) is 25.0 Å². The summed E-state index contributed by atoms with van der Waals surface area (Å²) in [5.74, 6) is 0. The predicted octanol–water partition coefficient (Wildman–Crippen LogP) is 1.88. The normalized spacial score (nSPS) is 13.1. The van der Waals surface area contributed by atoms with Gasteiger partial charge in [-0.1, -0.05) is 0 Å². The summed E-state index contributed by atoms with van der Waals surface area (Å²) in [5, 5.41) is 34.8. The lowest BCUT2D eigenvalue weighted by molar-refractivity contribution is 0.250. The molecule has 0 saturated heterocycles. The molecular formula is C14H24N2O4. The van der Waals surface area contributed by atoms with Gasteiger partial charge in [-0.25, -0.2) is 0 Å². The van der Waals surface area contributed by atoms with E-state index in [0.717, 1.165) is 25.0 Å². The molecule has 0 bridgehead atoms. The van der Waals surface area contributed by atoms with Crippen LogP contribution >= 0.6 is 0 Å². The quantitative estimate of drug-likeness (QED) is 0.433. The van der Waals surface area contributed by atoms with Crippen LogP contribution in [0.4, 0.5) is 0 Å². The molecule has 6 nitrogen and oxygen atoms in total. The molecule has 0 aromatic carbocycles. The number of hydrogen-bond acceptors (Lipinski definition) is 6. The van der Waals surface area contributed by atoms with Crippen LogP contribution in [0.1, 0.15) is 0 Å². The lowest BCUT2D eigenvalue weighted by Gasteiger charge is -2.24. The Morgan fingerprint density at radius 2 is 0.750 bits per heavy atom. The van der Waals surface area contributed by atoms with Crippen molar-refractivity contribution in [2.24, 2.45) is 0 Å². The van der Waals surface area contributed by atoms with Gasteiger partial charge in [0, 0.05) is 39.3 Å². The van der Waals surface area contributed by atoms with Gasteiger partial charge in [-0.2, -0.15) is 0 Å². The Bertz CT molecular complexity index is 267. The maximum Gasteiger partial charge on any atom is 0.0764 e. The van der Waals surface area contributed by atoms with E-state index >= 15 is 0 Å². The molecule has 0 heterocycles. The fourth-order valence-corrected chi connectivity index (χ4v) is 1.58. The molecule has 0 aliphatic heterocycles. The van der Waals surface area contributed by atoms with Crippen molar-refractivity contribution in [3.05, 3.63) is 49.4 Å². The third kappa shape index (κ3) is 10.0. The first-order valence-electron chi connectivity index (χ1n) is 6.40. The molecule has 0 atom stereocenters. The Kier molecular flexibility index (Phi) is 12.2. The summed E-state index contributed by atoms with van der Waals surface area (Å²) in [6, 6.07) is 0. The minimum absolute atomic E-state index is 0.570. The van der Waals surface area contributed by atoms with E-state index in [0.29, 0.717) is 39.3 Å². The lowest BCUT2D eigenvalue weighted by atomic mass is 10.3. The smallest absolute Gasteiger partial charge is 0.0764 e. The number of aliphatic hydroxyl groups is 4. The van der Waals surface area contributed by atoms with Gasteiger partial charge < -0.3 is 20.4 Å². The zero-order valence-corrected chi connectivity index (χ0v) is 11.5. The fraction of sp³-hybridized carbons (Fsp3) is 0.429. The van der Waals surface area contributed by atoms with Crippen LogP contribution in [0, 0.1) is 0 Å². The summed E-state index contributed by atoms with van der Waals surface area (Å²) in [6.07, 6.45) is 10.5. The van der Waals surface area contributed by atoms with E-state index in [9.17, 15) is 0 Å². The van der Waals surface area contributed by atoms with Gasteiger partial charge >= 0.3 is 0 Å². The van der Waals surface area contributed by atoms with Crippen molar-refractivity contribution in [3.8, 4) is 0 Å². The zero-order valence-electron chi connectivity index (χ0n) is 11.5. The third-order valence-electron chi connectivity index (χ3n) is 2.61. The van der Waals surface area contributed by atoms with Gasteiger partial charge in [0.25, 0.3) is 0 Å². The monoisotopic (exact) mass is 284 g/mol. The van der Waals surface area contributed by atoms with Crippen molar-refractivity contribution in [3.63, 3.8) is 0 Å². The van der Waals surface area contributed by atoms with E-state index in [2.05, 4.69) is 0 Å². The SMILES string of the molecule is OC=CCN(CC=CO)CCN(CC=CO)CC=CO. The molecule has 0 aromatic heterocycles. The Morgan fingerprint density at radius 3 is 0.950 bits per heavy atom. The lowest BCUT2D eigenvalue weighted by Crippen LogP contribution is -2.35. The molecular weight excluding hydrogens is 260 g/mol. The van der Waals surface area contributed by atoms with Crippen LogP contribution in [0.2, 0.25) is 0 Å². The van der Waals surface area contributed by atoms with E-state index < -0.39 is 0 Å². The molecule has 6 heteroatoms. The first kappa shape index (κ1) is 18.1. The molecule has 114 valence electrons. The standard InChI is InChI=1S/C14H24N2O4/c17-11-1-5-15(6-2-12-18)9-10-16(7-3-13-19)8-4-14-20/h1-4,11-14,17-20H,5-10H2. The van der Waals surface area contributed by atoms with Crippen molar-refractivity contribution in [2.75, 3.05) is 39.3 Å². The van der Waals surface area contributed by atoms with Crippen LogP contribution in [-0.2, 0) is 0 Å². The highest BCUT2D eigenvalue weighted by molar-refractivity contribution is 4.86. The summed E-state index contributed by atoms with van der Waals surface area (Å²) in [6.45, 7) is 3.71. The van der Waals surface area contributed by atoms with E-state index in [-0.39, 0.29) is 0 Å². The first-order valence-corrected chi connectivity index (χ1v) is 6.40. The molecule has 0 fully saturated rings. The summed E-state index contributed by atoms with van der Waals surface area (Å²) in [4.78, 5) is 4.05. The van der Waals surface area contributed by atoms with Gasteiger partial charge in [-0.15, -0.1) is 0 Å². The summed E-state index contributed by atoms with van der Waals surface area (Å²) in [5.41, 5.74) is 0. The highest BCUT2D eigenvalue weighted by atomic mass is 16.2. The topological polar surface area (TPSA) is 87.4 Å². The molecule has 0 spiro atoms. The Labute approximate surface area is 119 Å². The van der Waals surface area contributed by atoms with Gasteiger partial charge in [-0.05, 0) is 24.3 Å². The van der Waals surface area contributed by atoms with Gasteiger partial charge in [0.15, 0.2) is 0 Å². The second-order valence-corrected chi connectivity index (χ2v) is 4.06. The second-order valence-electron chi connectivity index (χ2n) is 4.06. The summed E-state index contributed by atoms with van der Waals surface area (Å²) < 4.78 is 0. The molecule has 20 heavy (non-hydrogen) atoms. The Morgan fingerprint density at radius 1 is 0.500 bits per heavy atom. The van der Waals surface area contributed by atoms with Crippen molar-refractivity contribution >= 4 is 0 Å². The highest BCUT2D eigenvalue weighted by Gasteiger charge is 2.05. The predicted molar refractivity (Wildman–Crippen MR) is 80.0 cm³/mol. The summed E-state index contributed by atoms with van der Waals surface area (Å²) in [7, 11) is 0. The van der Waals surface area contributed by atoms with E-state index in [4.69, 9.17) is 20.4 Å². The van der Waals surface area contributed by atoms with Crippen LogP contribution in [0.15, 0.2) is 49.4 Å². The largest absolute Gasteiger partial charge is 0.516 e. The van der Waals surface area contributed by atoms with E-state index in [1.807, 2.05) is 9.80 Å². The zero-order chi connectivity index (χ0) is 15.1. The maximum atomic E-state index is 8.69. The van der Waals surface area contributed by atoms with E-state index in [1.165, 1.54) is 0 Å². The average molecular weight is 284 g/mol. The van der Waals surface area contributed by atoms with Crippen molar-refractivity contribution in [1.29, 1.82) is 0 Å². The van der Waals surface area contributed by atoms with Crippen LogP contribution in [0.3, 0.4) is 0 Å². The molecule has 0 unspecified atom stereocenters. The second kappa shape index (κ2) is 13.5. The molecule has 0 aromatic rings. The Balaban J connectivity index is 4.33. The maximum absolute atomic E-state index is 8.69. The van der Waals surface area contributed by atoms with E-state index in [1.54, 1.807) is 24.3 Å². The number of aliphatic hydroxyl groups excluding tert-OH is 4. The van der Waals surface area contributed by atoms with Crippen LogP contribution < -0.4 is 0 Å². The number of hydrogen-bond donors (Lipinski definition) is 4. The van der Waals surface area contributed by atoms with Crippen molar-refractivity contribution in [2.45, 2.75) is 0 Å². The minimum atomic E-state index is 0.570. The fourth-order valence-electron chi connectivity index (χ4n) is 1.58. The highest BCUT2D eigenvalue weighted by Crippen LogP contribution is 1.95. The first-order chi connectivity index (χ1) is 9.78. The minimum Gasteiger partial charge on any atom is -0.516 e. The molecule has 0 radical (unpaired) electrons. The van der Waals surface area contributed by atoms with Gasteiger partial charge in [0.2, 0.25) is 0 Å². The molecule has 0 amide bonds. The Hall–Kier alpha value is -1.92. The molecule has 0 aliphatic carbocycles. The van der Waals surface area contributed by atoms with Crippen LogP contribution in [0.25, 0.3) is 0 Å². The molecule has 0 saturated carbocycles. The average Bonchev–Trinajstić information content (AvgIpc) is 2.48. The number of nitrogens with zero attached hydrogens (tertiary/aromatic N) is 2. The molecule has 0 aliphatic rings. The summed E-state index contributed by atoms with van der Waals surface area (Å²) >= 11 is 0. The molecule has 0 rings (SSSR count). The van der Waals surface area contributed by atoms with Gasteiger partial charge in [0.1, 0.15) is 0 Å². The van der Waals surface area contributed by atoms with Crippen molar-refractivity contribution in [1.82, 2.24) is 9.80 Å². The third-order valence-corrected chi connectivity index (χ3v) is 2.61. The number of rotatable bonds is 11. The van der Waals surface area contributed by atoms with Gasteiger partial charge in [-0.3, -0.25) is 9.80 Å². The van der Waals surface area contributed by atoms with Crippen molar-refractivity contribution < 1.29 is 20.4 Å². The van der Waals surface area contributed by atoms with Crippen LogP contribution in [-0.4, -0.2) is 69.5 Å². The van der Waals surface area contributed by atoms with Crippen LogP contribution in [0.5, 0.6) is 0 Å².